The predicted octanol–water partition coefficient (Wildman–Crippen LogP) is 7.38. The average Bonchev–Trinajstić information content (AvgIpc) is 4.11. The summed E-state index contributed by atoms with van der Waals surface area (Å²) in [6, 6.07) is 0. The number of hydrogen-bond acceptors (Lipinski definition) is 17. The Kier molecular flexibility index (Phi) is 19.3. The van der Waals surface area contributed by atoms with E-state index in [2.05, 4.69) is 0 Å². The molecule has 9 rings (SSSR count). The number of aliphatic hydroxyl groups excluding tert-OH is 1. The predicted molar refractivity (Wildman–Crippen MR) is 267 cm³/mol. The molecule has 0 spiro atoms. The van der Waals surface area contributed by atoms with Crippen LogP contribution in [-0.2, 0) is 76.4 Å². The van der Waals surface area contributed by atoms with Gasteiger partial charge in [-0.3, -0.25) is 47.9 Å². The SMILES string of the molecule is C.C.C.C.C.C.CC1C(=O)OC(=O)C1C1C2CC(CC2C(=O)O)C1C1C(=O)OC(=O)C1C1C2CC(CC2C(=O)OCCCO)C1C1C(=O)OC(=O)C1C1C(C)C2CC1C(C(=O)OC(C)(C)C)C2C(=O)OC(C)(C)C. The Balaban J connectivity index is 0.00000241. The molecule has 6 saturated carbocycles. The fraction of sp³-hybridized carbons (Fsp3) is 0.821. The third-order valence-electron chi connectivity index (χ3n) is 18.1. The number of carbonyl (C=O) groups is 10. The Morgan fingerprint density at radius 3 is 1.32 bits per heavy atom. The van der Waals surface area contributed by atoms with Gasteiger partial charge in [-0.15, -0.1) is 0 Å². The van der Waals surface area contributed by atoms with Gasteiger partial charge >= 0.3 is 59.7 Å². The van der Waals surface area contributed by atoms with Crippen LogP contribution in [0.15, 0.2) is 0 Å². The first-order valence-electron chi connectivity index (χ1n) is 24.6. The molecule has 2 N–H and O–H groups in total. The number of ether oxygens (including phenoxy) is 6. The molecule has 6 aliphatic carbocycles. The van der Waals surface area contributed by atoms with Gasteiger partial charge in [0.2, 0.25) is 0 Å². The zero-order valence-electron chi connectivity index (χ0n) is 39.8. The minimum absolute atomic E-state index is 0. The number of carboxylic acids is 1. The number of esters is 9. The molecule has 3 heterocycles. The molecule has 0 aromatic carbocycles. The van der Waals surface area contributed by atoms with Crippen LogP contribution in [-0.4, -0.2) is 94.3 Å². The average molecular weight is 1050 g/mol. The van der Waals surface area contributed by atoms with E-state index in [1.807, 2.05) is 6.92 Å². The fourth-order valence-corrected chi connectivity index (χ4v) is 16.4. The largest absolute Gasteiger partial charge is 0.481 e. The van der Waals surface area contributed by atoms with Crippen molar-refractivity contribution in [3.05, 3.63) is 0 Å². The molecule has 18 nitrogen and oxygen atoms in total. The first-order chi connectivity index (χ1) is 31.8. The van der Waals surface area contributed by atoms with Crippen LogP contribution in [0.3, 0.4) is 0 Å². The van der Waals surface area contributed by atoms with Crippen molar-refractivity contribution >= 4 is 59.7 Å². The van der Waals surface area contributed by atoms with Crippen molar-refractivity contribution in [2.24, 2.45) is 130 Å². The van der Waals surface area contributed by atoms with Crippen molar-refractivity contribution in [1.29, 1.82) is 0 Å². The first kappa shape index (κ1) is 63.6. The molecule has 9 fully saturated rings. The third-order valence-corrected chi connectivity index (χ3v) is 18.1. The maximum absolute atomic E-state index is 14.6. The summed E-state index contributed by atoms with van der Waals surface area (Å²) in [6.07, 6.45) is 1.50. The number of aliphatic hydroxyl groups is 1. The number of rotatable bonds is 12. The van der Waals surface area contributed by atoms with E-state index in [0.717, 1.165) is 0 Å². The molecule has 74 heavy (non-hydrogen) atoms. The van der Waals surface area contributed by atoms with Gasteiger partial charge in [0.25, 0.3) is 0 Å². The minimum atomic E-state index is -1.32. The maximum atomic E-state index is 14.6. The summed E-state index contributed by atoms with van der Waals surface area (Å²) in [5, 5.41) is 19.8. The van der Waals surface area contributed by atoms with Crippen LogP contribution in [0.1, 0.15) is 138 Å². The van der Waals surface area contributed by atoms with E-state index in [-0.39, 0.29) is 77.0 Å². The van der Waals surface area contributed by atoms with E-state index in [9.17, 15) is 58.2 Å². The molecule has 0 radical (unpaired) electrons. The second kappa shape index (κ2) is 22.5. The summed E-state index contributed by atoms with van der Waals surface area (Å²) in [5.41, 5.74) is -1.81. The second-order valence-electron chi connectivity index (χ2n) is 23.7. The number of carbonyl (C=O) groups excluding carboxylic acids is 9. The molecular formula is C56H88O18. The Bertz CT molecular complexity index is 2200. The van der Waals surface area contributed by atoms with Crippen LogP contribution < -0.4 is 0 Å². The lowest BCUT2D eigenvalue weighted by molar-refractivity contribution is -0.179. The standard InChI is InChI=1S/C50H64O18.6CH4/c1-17-21-16-26(34(48(62)68-50(6,7)8)33(21)47(61)67-49(3,4)5)27(17)35-36(44(58)65-43(35)57)30-20-13-23(25(15-20)41(55)63-11-9-10-51)32(30)38-37(45(59)66-46(38)60)29-19-12-22(24(14-19)39(52)53)31(29)28-18(2)40(54)64-42(28)56;;;;;;/h17-38,51H,9-16H2,1-8H3,(H,52,53);6*1H4. The lowest BCUT2D eigenvalue weighted by atomic mass is 9.54. The topological polar surface area (TPSA) is 267 Å². The lowest BCUT2D eigenvalue weighted by Crippen LogP contribution is -2.52. The zero-order chi connectivity index (χ0) is 49.4. The summed E-state index contributed by atoms with van der Waals surface area (Å²) in [6.45, 7) is 13.4. The number of aliphatic carboxylic acids is 1. The second-order valence-corrected chi connectivity index (χ2v) is 23.7. The van der Waals surface area contributed by atoms with E-state index in [0.29, 0.717) is 19.3 Å². The molecule has 3 aliphatic heterocycles. The molecule has 0 aromatic rings. The number of carboxylic acid groups (broad SMARTS) is 1. The minimum Gasteiger partial charge on any atom is -0.481 e. The Morgan fingerprint density at radius 1 is 0.500 bits per heavy atom. The van der Waals surface area contributed by atoms with E-state index in [1.165, 1.54) is 6.92 Å². The summed E-state index contributed by atoms with van der Waals surface area (Å²) >= 11 is 0. The van der Waals surface area contributed by atoms with Crippen LogP contribution in [0.5, 0.6) is 0 Å². The Hall–Kier alpha value is -4.74. The molecule has 22 unspecified atom stereocenters. The smallest absolute Gasteiger partial charge is 0.317 e. The van der Waals surface area contributed by atoms with Gasteiger partial charge in [0.05, 0.1) is 65.8 Å². The molecule has 3 saturated heterocycles. The van der Waals surface area contributed by atoms with E-state index < -0.39 is 201 Å². The quantitative estimate of drug-likeness (QED) is 0.0835. The van der Waals surface area contributed by atoms with Gasteiger partial charge < -0.3 is 38.6 Å². The van der Waals surface area contributed by atoms with Gasteiger partial charge in [-0.05, 0) is 145 Å². The molecule has 420 valence electrons. The van der Waals surface area contributed by atoms with Crippen molar-refractivity contribution < 1.29 is 86.6 Å². The summed E-state index contributed by atoms with van der Waals surface area (Å²) in [5.74, 6) is -26.5. The molecular weight excluding hydrogens is 961 g/mol. The van der Waals surface area contributed by atoms with Crippen molar-refractivity contribution in [2.45, 2.75) is 150 Å². The number of cyclic esters (lactones) is 6. The highest BCUT2D eigenvalue weighted by atomic mass is 16.6. The normalized spacial score (nSPS) is 41.0. The first-order valence-corrected chi connectivity index (χ1v) is 24.6. The molecule has 0 aromatic heterocycles. The molecule has 22 atom stereocenters. The molecule has 0 amide bonds. The van der Waals surface area contributed by atoms with Crippen LogP contribution in [0, 0.1) is 130 Å². The van der Waals surface area contributed by atoms with Gasteiger partial charge in [0.1, 0.15) is 11.2 Å². The summed E-state index contributed by atoms with van der Waals surface area (Å²) < 4.78 is 33.7. The summed E-state index contributed by atoms with van der Waals surface area (Å²) in [4.78, 5) is 139. The van der Waals surface area contributed by atoms with Gasteiger partial charge in [-0.2, -0.15) is 0 Å². The lowest BCUT2D eigenvalue weighted by Gasteiger charge is -2.46. The van der Waals surface area contributed by atoms with Gasteiger partial charge in [-0.1, -0.05) is 58.4 Å². The van der Waals surface area contributed by atoms with Gasteiger partial charge in [0, 0.05) is 13.0 Å². The maximum Gasteiger partial charge on any atom is 0.317 e. The van der Waals surface area contributed by atoms with E-state index in [4.69, 9.17) is 28.4 Å². The Labute approximate surface area is 438 Å². The number of hydrogen-bond donors (Lipinski definition) is 2. The van der Waals surface area contributed by atoms with E-state index in [1.54, 1.807) is 41.5 Å². The Morgan fingerprint density at radius 2 is 0.892 bits per heavy atom. The monoisotopic (exact) mass is 1050 g/mol. The highest BCUT2D eigenvalue weighted by molar-refractivity contribution is 6.00. The van der Waals surface area contributed by atoms with Crippen molar-refractivity contribution in [3.63, 3.8) is 0 Å². The van der Waals surface area contributed by atoms with Crippen molar-refractivity contribution in [3.8, 4) is 0 Å². The highest BCUT2D eigenvalue weighted by Crippen LogP contribution is 2.70. The molecule has 9 aliphatic rings. The molecule has 18 heteroatoms. The molecule has 6 bridgehead atoms. The highest BCUT2D eigenvalue weighted by Gasteiger charge is 2.74. The zero-order valence-corrected chi connectivity index (χ0v) is 39.8. The summed E-state index contributed by atoms with van der Waals surface area (Å²) in [7, 11) is 0. The van der Waals surface area contributed by atoms with Crippen LogP contribution in [0.25, 0.3) is 0 Å². The van der Waals surface area contributed by atoms with Gasteiger partial charge in [-0.25, -0.2) is 0 Å². The van der Waals surface area contributed by atoms with Crippen LogP contribution in [0.4, 0.5) is 0 Å². The van der Waals surface area contributed by atoms with Crippen LogP contribution in [0.2, 0.25) is 0 Å². The fourth-order valence-electron chi connectivity index (χ4n) is 16.4. The van der Waals surface area contributed by atoms with Crippen molar-refractivity contribution in [2.75, 3.05) is 13.2 Å². The van der Waals surface area contributed by atoms with Gasteiger partial charge in [0.15, 0.2) is 0 Å². The van der Waals surface area contributed by atoms with Crippen LogP contribution >= 0.6 is 0 Å². The van der Waals surface area contributed by atoms with Crippen molar-refractivity contribution in [1.82, 2.24) is 0 Å². The number of fused-ring (bicyclic) bond motifs is 6. The van der Waals surface area contributed by atoms with E-state index >= 15 is 0 Å². The third kappa shape index (κ3) is 10.2.